The lowest BCUT2D eigenvalue weighted by molar-refractivity contribution is -0.384. The largest absolute Gasteiger partial charge is 0.444 e. The molecule has 1 fully saturated rings. The van der Waals surface area contributed by atoms with Gasteiger partial charge in [0.2, 0.25) is 0 Å². The van der Waals surface area contributed by atoms with Gasteiger partial charge in [-0.05, 0) is 46.2 Å². The van der Waals surface area contributed by atoms with Crippen molar-refractivity contribution in [2.75, 3.05) is 24.5 Å². The predicted octanol–water partition coefficient (Wildman–Crippen LogP) is 3.43. The van der Waals surface area contributed by atoms with Gasteiger partial charge in [-0.3, -0.25) is 10.1 Å². The first kappa shape index (κ1) is 18.0. The summed E-state index contributed by atoms with van der Waals surface area (Å²) in [5, 5.41) is 10.7. The Balaban J connectivity index is 2.02. The van der Waals surface area contributed by atoms with Crippen LogP contribution in [-0.2, 0) is 4.74 Å². The van der Waals surface area contributed by atoms with Crippen molar-refractivity contribution < 1.29 is 14.5 Å². The summed E-state index contributed by atoms with van der Waals surface area (Å²) in [5.74, 6) is 0. The maximum Gasteiger partial charge on any atom is 0.410 e. The zero-order valence-electron chi connectivity index (χ0n) is 14.7. The smallest absolute Gasteiger partial charge is 0.410 e. The molecule has 0 aliphatic carbocycles. The van der Waals surface area contributed by atoms with Gasteiger partial charge < -0.3 is 14.5 Å². The lowest BCUT2D eigenvalue weighted by Crippen LogP contribution is -2.44. The Bertz CT molecular complexity index is 595. The van der Waals surface area contributed by atoms with E-state index in [2.05, 4.69) is 4.90 Å². The summed E-state index contributed by atoms with van der Waals surface area (Å²) < 4.78 is 5.48. The second-order valence-corrected chi connectivity index (χ2v) is 6.93. The molecular weight excluding hydrogens is 310 g/mol. The second-order valence-electron chi connectivity index (χ2n) is 6.93. The summed E-state index contributed by atoms with van der Waals surface area (Å²) in [6, 6.07) is 6.61. The van der Waals surface area contributed by atoms with Crippen molar-refractivity contribution in [2.45, 2.75) is 45.8 Å². The van der Waals surface area contributed by atoms with E-state index in [-0.39, 0.29) is 17.8 Å². The van der Waals surface area contributed by atoms with Crippen LogP contribution in [0.15, 0.2) is 24.3 Å². The number of hydrogen-bond donors (Lipinski definition) is 0. The SMILES string of the molecule is CCN(C(=O)OC(C)(C)C)C1CCN(c2ccc([N+](=O)[O-])cc2)C1. The molecule has 0 bridgehead atoms. The zero-order chi connectivity index (χ0) is 17.9. The molecule has 7 heteroatoms. The Kier molecular flexibility index (Phi) is 5.31. The summed E-state index contributed by atoms with van der Waals surface area (Å²) in [6.45, 7) is 9.61. The number of carbonyl (C=O) groups excluding carboxylic acids is 1. The Labute approximate surface area is 142 Å². The molecule has 0 saturated carbocycles. The molecular formula is C17H25N3O4. The van der Waals surface area contributed by atoms with Crippen LogP contribution in [0.3, 0.4) is 0 Å². The van der Waals surface area contributed by atoms with Crippen LogP contribution in [0.2, 0.25) is 0 Å². The quantitative estimate of drug-likeness (QED) is 0.622. The topological polar surface area (TPSA) is 75.9 Å². The van der Waals surface area contributed by atoms with Crippen LogP contribution < -0.4 is 4.90 Å². The highest BCUT2D eigenvalue weighted by Gasteiger charge is 2.32. The Morgan fingerprint density at radius 2 is 2.00 bits per heavy atom. The van der Waals surface area contributed by atoms with Crippen LogP contribution in [0, 0.1) is 10.1 Å². The highest BCUT2D eigenvalue weighted by Crippen LogP contribution is 2.26. The lowest BCUT2D eigenvalue weighted by atomic mass is 10.2. The standard InChI is InChI=1S/C17H25N3O4/c1-5-19(16(21)24-17(2,3)4)15-10-11-18(12-15)13-6-8-14(9-7-13)20(22)23/h6-9,15H,5,10-12H2,1-4H3. The molecule has 1 amide bonds. The number of carbonyl (C=O) groups is 1. The van der Waals surface area contributed by atoms with Gasteiger partial charge in [0.1, 0.15) is 5.60 Å². The minimum Gasteiger partial charge on any atom is -0.444 e. The Morgan fingerprint density at radius 1 is 1.38 bits per heavy atom. The molecule has 1 aromatic carbocycles. The predicted molar refractivity (Wildman–Crippen MR) is 92.3 cm³/mol. The monoisotopic (exact) mass is 335 g/mol. The molecule has 0 aromatic heterocycles. The van der Waals surface area contributed by atoms with E-state index >= 15 is 0 Å². The minimum absolute atomic E-state index is 0.0819. The minimum atomic E-state index is -0.513. The third-order valence-corrected chi connectivity index (χ3v) is 4.00. The number of anilines is 1. The van der Waals surface area contributed by atoms with Crippen LogP contribution in [0.5, 0.6) is 0 Å². The van der Waals surface area contributed by atoms with Gasteiger partial charge in [0.15, 0.2) is 0 Å². The van der Waals surface area contributed by atoms with E-state index in [1.54, 1.807) is 17.0 Å². The molecule has 1 aliphatic rings. The Hall–Kier alpha value is -2.31. The molecule has 7 nitrogen and oxygen atoms in total. The summed E-state index contributed by atoms with van der Waals surface area (Å²) in [6.07, 6.45) is 0.560. The van der Waals surface area contributed by atoms with Crippen molar-refractivity contribution in [2.24, 2.45) is 0 Å². The first-order valence-electron chi connectivity index (χ1n) is 8.20. The molecule has 0 N–H and O–H groups in total. The third-order valence-electron chi connectivity index (χ3n) is 4.00. The first-order valence-corrected chi connectivity index (χ1v) is 8.20. The van der Waals surface area contributed by atoms with Crippen molar-refractivity contribution in [1.29, 1.82) is 0 Å². The molecule has 1 aliphatic heterocycles. The normalized spacial score (nSPS) is 17.7. The second kappa shape index (κ2) is 7.07. The van der Waals surface area contributed by atoms with E-state index in [9.17, 15) is 14.9 Å². The van der Waals surface area contributed by atoms with Crippen LogP contribution in [0.1, 0.15) is 34.1 Å². The van der Waals surface area contributed by atoms with E-state index in [1.165, 1.54) is 12.1 Å². The molecule has 0 radical (unpaired) electrons. The molecule has 0 spiro atoms. The Morgan fingerprint density at radius 3 is 2.50 bits per heavy atom. The number of nitro groups is 1. The van der Waals surface area contributed by atoms with Crippen LogP contribution >= 0.6 is 0 Å². The van der Waals surface area contributed by atoms with Gasteiger partial charge in [-0.15, -0.1) is 0 Å². The van der Waals surface area contributed by atoms with Gasteiger partial charge in [-0.1, -0.05) is 0 Å². The number of non-ortho nitro benzene ring substituents is 1. The fourth-order valence-corrected chi connectivity index (χ4v) is 2.87. The number of hydrogen-bond acceptors (Lipinski definition) is 5. The third kappa shape index (κ3) is 4.37. The van der Waals surface area contributed by atoms with Gasteiger partial charge >= 0.3 is 6.09 Å². The number of benzene rings is 1. The summed E-state index contributed by atoms with van der Waals surface area (Å²) in [4.78, 5) is 26.6. The van der Waals surface area contributed by atoms with Gasteiger partial charge in [0, 0.05) is 37.5 Å². The molecule has 1 unspecified atom stereocenters. The molecule has 1 saturated heterocycles. The molecule has 24 heavy (non-hydrogen) atoms. The number of nitrogens with zero attached hydrogens (tertiary/aromatic N) is 3. The van der Waals surface area contributed by atoms with Gasteiger partial charge in [-0.25, -0.2) is 4.79 Å². The van der Waals surface area contributed by atoms with Crippen molar-refractivity contribution in [1.82, 2.24) is 4.90 Å². The van der Waals surface area contributed by atoms with E-state index in [0.717, 1.165) is 18.7 Å². The maximum absolute atomic E-state index is 12.3. The van der Waals surface area contributed by atoms with Crippen molar-refractivity contribution in [3.05, 3.63) is 34.4 Å². The van der Waals surface area contributed by atoms with Crippen LogP contribution in [-0.4, -0.2) is 47.2 Å². The fraction of sp³-hybridized carbons (Fsp3) is 0.588. The fourth-order valence-electron chi connectivity index (χ4n) is 2.87. The summed E-state index contributed by atoms with van der Waals surface area (Å²) in [5.41, 5.74) is 0.503. The summed E-state index contributed by atoms with van der Waals surface area (Å²) >= 11 is 0. The average Bonchev–Trinajstić information content (AvgIpc) is 2.96. The number of likely N-dealkylation sites (N-methyl/N-ethyl adjacent to an activating group) is 1. The highest BCUT2D eigenvalue weighted by atomic mass is 16.6. The van der Waals surface area contributed by atoms with E-state index < -0.39 is 10.5 Å². The van der Waals surface area contributed by atoms with Gasteiger partial charge in [0.25, 0.3) is 5.69 Å². The number of amides is 1. The number of rotatable bonds is 4. The molecule has 2 rings (SSSR count). The summed E-state index contributed by atoms with van der Waals surface area (Å²) in [7, 11) is 0. The number of nitro benzene ring substituents is 1. The average molecular weight is 335 g/mol. The molecule has 1 heterocycles. The van der Waals surface area contributed by atoms with Crippen LogP contribution in [0.4, 0.5) is 16.2 Å². The van der Waals surface area contributed by atoms with Crippen molar-refractivity contribution >= 4 is 17.5 Å². The van der Waals surface area contributed by atoms with Crippen molar-refractivity contribution in [3.63, 3.8) is 0 Å². The maximum atomic E-state index is 12.3. The molecule has 1 aromatic rings. The van der Waals surface area contributed by atoms with E-state index in [4.69, 9.17) is 4.74 Å². The van der Waals surface area contributed by atoms with Gasteiger partial charge in [0.05, 0.1) is 11.0 Å². The van der Waals surface area contributed by atoms with E-state index in [1.807, 2.05) is 27.7 Å². The number of ether oxygens (including phenoxy) is 1. The first-order chi connectivity index (χ1) is 11.2. The van der Waals surface area contributed by atoms with Crippen LogP contribution in [0.25, 0.3) is 0 Å². The van der Waals surface area contributed by atoms with Gasteiger partial charge in [-0.2, -0.15) is 0 Å². The lowest BCUT2D eigenvalue weighted by Gasteiger charge is -2.31. The van der Waals surface area contributed by atoms with Crippen molar-refractivity contribution in [3.8, 4) is 0 Å². The molecule has 1 atom stereocenters. The highest BCUT2D eigenvalue weighted by molar-refractivity contribution is 5.69. The van der Waals surface area contributed by atoms with E-state index in [0.29, 0.717) is 13.1 Å². The zero-order valence-corrected chi connectivity index (χ0v) is 14.7. The molecule has 132 valence electrons.